The van der Waals surface area contributed by atoms with Gasteiger partial charge in [0.2, 0.25) is 0 Å². The summed E-state index contributed by atoms with van der Waals surface area (Å²) < 4.78 is 41.3. The molecule has 1 aliphatic heterocycles. The van der Waals surface area contributed by atoms with Crippen LogP contribution < -0.4 is 0 Å². The number of pyridine rings is 1. The lowest BCUT2D eigenvalue weighted by Crippen LogP contribution is -2.48. The van der Waals surface area contributed by atoms with E-state index < -0.39 is 21.4 Å². The van der Waals surface area contributed by atoms with Crippen molar-refractivity contribution in [3.8, 4) is 0 Å². The van der Waals surface area contributed by atoms with E-state index in [1.165, 1.54) is 24.4 Å². The van der Waals surface area contributed by atoms with Gasteiger partial charge in [0.1, 0.15) is 5.82 Å². The maximum atomic E-state index is 15.0. The molecule has 0 unspecified atom stereocenters. The molecule has 0 radical (unpaired) electrons. The Morgan fingerprint density at radius 1 is 0.921 bits per heavy atom. The summed E-state index contributed by atoms with van der Waals surface area (Å²) in [6.07, 6.45) is 1.52. The van der Waals surface area contributed by atoms with Crippen LogP contribution in [0.5, 0.6) is 0 Å². The van der Waals surface area contributed by atoms with Gasteiger partial charge in [-0.25, -0.2) is 12.8 Å². The summed E-state index contributed by atoms with van der Waals surface area (Å²) in [7, 11) is -3.87. The number of aromatic nitrogens is 1. The van der Waals surface area contributed by atoms with Crippen LogP contribution in [0.25, 0.3) is 10.9 Å². The van der Waals surface area contributed by atoms with E-state index in [2.05, 4.69) is 9.88 Å². The molecule has 0 N–H and O–H groups in total. The van der Waals surface area contributed by atoms with E-state index in [9.17, 15) is 13.2 Å². The molecule has 1 fully saturated rings. The highest BCUT2D eigenvalue weighted by Crippen LogP contribution is 2.26. The van der Waals surface area contributed by atoms with Crippen LogP contribution in [0.2, 0.25) is 10.0 Å². The van der Waals surface area contributed by atoms with E-state index in [1.807, 2.05) is 6.07 Å². The van der Waals surface area contributed by atoms with Crippen molar-refractivity contribution in [2.45, 2.75) is 17.2 Å². The SMILES string of the molecule is O=C(c1ccc(CS(=O)(=O)c2cccc3cccnc23)c(F)c1)N1CCN(Cc2ccc(Cl)cc2Cl)CC1. The Bertz CT molecular complexity index is 1620. The van der Waals surface area contributed by atoms with Crippen molar-refractivity contribution in [1.82, 2.24) is 14.8 Å². The number of halogens is 3. The molecule has 1 aliphatic rings. The molecule has 1 amide bonds. The fourth-order valence-corrected chi connectivity index (χ4v) is 6.61. The summed E-state index contributed by atoms with van der Waals surface area (Å²) in [5, 5.41) is 1.87. The number of para-hydroxylation sites is 1. The molecule has 196 valence electrons. The number of benzene rings is 3. The van der Waals surface area contributed by atoms with Gasteiger partial charge in [0.15, 0.2) is 9.84 Å². The standard InChI is InChI=1S/C28H24Cl2FN3O3S/c29-23-9-8-21(24(30)16-23)17-33-11-13-34(14-12-33)28(35)20-6-7-22(25(31)15-20)18-38(36,37)26-5-1-3-19-4-2-10-32-27(19)26/h1-10,15-16H,11-14,17-18H2. The second-order valence-electron chi connectivity index (χ2n) is 9.20. The predicted molar refractivity (Wildman–Crippen MR) is 147 cm³/mol. The maximum Gasteiger partial charge on any atom is 0.254 e. The summed E-state index contributed by atoms with van der Waals surface area (Å²) in [4.78, 5) is 21.2. The van der Waals surface area contributed by atoms with Crippen molar-refractivity contribution in [2.24, 2.45) is 0 Å². The van der Waals surface area contributed by atoms with E-state index >= 15 is 4.39 Å². The Morgan fingerprint density at radius 2 is 1.66 bits per heavy atom. The minimum Gasteiger partial charge on any atom is -0.336 e. The molecule has 1 saturated heterocycles. The Balaban J connectivity index is 1.25. The second-order valence-corrected chi connectivity index (χ2v) is 12.0. The Morgan fingerprint density at radius 3 is 2.39 bits per heavy atom. The lowest BCUT2D eigenvalue weighted by atomic mass is 10.1. The van der Waals surface area contributed by atoms with Crippen LogP contribution in [-0.4, -0.2) is 55.3 Å². The van der Waals surface area contributed by atoms with E-state index in [4.69, 9.17) is 23.2 Å². The summed E-state index contributed by atoms with van der Waals surface area (Å²) in [5.74, 6) is -1.56. The van der Waals surface area contributed by atoms with Crippen molar-refractivity contribution in [2.75, 3.05) is 26.2 Å². The average molecular weight is 572 g/mol. The fraction of sp³-hybridized carbons (Fsp3) is 0.214. The quantitative estimate of drug-likeness (QED) is 0.300. The predicted octanol–water partition coefficient (Wildman–Crippen LogP) is 5.61. The van der Waals surface area contributed by atoms with Crippen LogP contribution >= 0.6 is 23.2 Å². The first-order chi connectivity index (χ1) is 18.2. The molecule has 0 spiro atoms. The van der Waals surface area contributed by atoms with Crippen molar-refractivity contribution in [3.05, 3.63) is 105 Å². The second kappa shape index (κ2) is 11.0. The van der Waals surface area contributed by atoms with Crippen molar-refractivity contribution in [3.63, 3.8) is 0 Å². The molecule has 0 bridgehead atoms. The highest BCUT2D eigenvalue weighted by Gasteiger charge is 2.25. The lowest BCUT2D eigenvalue weighted by molar-refractivity contribution is 0.0628. The highest BCUT2D eigenvalue weighted by atomic mass is 35.5. The number of carbonyl (C=O) groups excluding carboxylic acids is 1. The molecule has 2 heterocycles. The van der Waals surface area contributed by atoms with Crippen LogP contribution in [0.3, 0.4) is 0 Å². The molecule has 3 aromatic carbocycles. The van der Waals surface area contributed by atoms with Gasteiger partial charge in [0.05, 0.1) is 16.2 Å². The topological polar surface area (TPSA) is 70.6 Å². The van der Waals surface area contributed by atoms with Gasteiger partial charge in [-0.3, -0.25) is 14.7 Å². The van der Waals surface area contributed by atoms with Crippen LogP contribution in [0.1, 0.15) is 21.5 Å². The van der Waals surface area contributed by atoms with Crippen LogP contribution in [0.4, 0.5) is 4.39 Å². The Labute approximate surface area is 230 Å². The zero-order valence-corrected chi connectivity index (χ0v) is 22.6. The number of amides is 1. The minimum atomic E-state index is -3.87. The molecular weight excluding hydrogens is 548 g/mol. The number of fused-ring (bicyclic) bond motifs is 1. The van der Waals surface area contributed by atoms with Gasteiger partial charge >= 0.3 is 0 Å². The molecule has 1 aromatic heterocycles. The number of nitrogens with zero attached hydrogens (tertiary/aromatic N) is 3. The summed E-state index contributed by atoms with van der Waals surface area (Å²) in [6, 6.07) is 17.8. The van der Waals surface area contributed by atoms with E-state index in [0.29, 0.717) is 53.7 Å². The number of sulfone groups is 1. The molecule has 0 aliphatic carbocycles. The molecule has 5 rings (SSSR count). The molecule has 0 saturated carbocycles. The molecule has 6 nitrogen and oxygen atoms in total. The van der Waals surface area contributed by atoms with Gasteiger partial charge in [0, 0.05) is 65.5 Å². The summed E-state index contributed by atoms with van der Waals surface area (Å²) >= 11 is 12.3. The third-order valence-electron chi connectivity index (χ3n) is 6.64. The number of rotatable bonds is 6. The Kier molecular flexibility index (Phi) is 7.68. The minimum absolute atomic E-state index is 0.000790. The van der Waals surface area contributed by atoms with E-state index in [-0.39, 0.29) is 21.9 Å². The Hall–Kier alpha value is -3.04. The van der Waals surface area contributed by atoms with Gasteiger partial charge in [-0.15, -0.1) is 0 Å². The van der Waals surface area contributed by atoms with Gasteiger partial charge < -0.3 is 4.90 Å². The third-order valence-corrected chi connectivity index (χ3v) is 8.92. The van der Waals surface area contributed by atoms with Gasteiger partial charge in [-0.2, -0.15) is 0 Å². The first-order valence-electron chi connectivity index (χ1n) is 12.0. The maximum absolute atomic E-state index is 15.0. The summed E-state index contributed by atoms with van der Waals surface area (Å²) in [5.41, 5.74) is 1.49. The zero-order chi connectivity index (χ0) is 26.9. The van der Waals surface area contributed by atoms with Crippen LogP contribution in [0.15, 0.2) is 77.8 Å². The van der Waals surface area contributed by atoms with Crippen molar-refractivity contribution >= 4 is 49.8 Å². The van der Waals surface area contributed by atoms with Crippen LogP contribution in [0, 0.1) is 5.82 Å². The summed E-state index contributed by atoms with van der Waals surface area (Å²) in [6.45, 7) is 2.89. The van der Waals surface area contributed by atoms with Gasteiger partial charge in [0.25, 0.3) is 5.91 Å². The fourth-order valence-electron chi connectivity index (χ4n) is 4.59. The first-order valence-corrected chi connectivity index (χ1v) is 14.4. The number of piperazine rings is 1. The van der Waals surface area contributed by atoms with E-state index in [1.54, 1.807) is 41.3 Å². The zero-order valence-electron chi connectivity index (χ0n) is 20.3. The average Bonchev–Trinajstić information content (AvgIpc) is 2.91. The number of carbonyl (C=O) groups is 1. The number of hydrogen-bond acceptors (Lipinski definition) is 5. The molecule has 0 atom stereocenters. The van der Waals surface area contributed by atoms with Crippen molar-refractivity contribution < 1.29 is 17.6 Å². The van der Waals surface area contributed by atoms with Crippen LogP contribution in [-0.2, 0) is 22.1 Å². The molecule has 38 heavy (non-hydrogen) atoms. The number of hydrogen-bond donors (Lipinski definition) is 0. The van der Waals surface area contributed by atoms with Gasteiger partial charge in [-0.1, -0.05) is 53.5 Å². The largest absolute Gasteiger partial charge is 0.336 e. The van der Waals surface area contributed by atoms with E-state index in [0.717, 1.165) is 11.6 Å². The van der Waals surface area contributed by atoms with Gasteiger partial charge in [-0.05, 0) is 42.0 Å². The monoisotopic (exact) mass is 571 g/mol. The smallest absolute Gasteiger partial charge is 0.254 e. The third kappa shape index (κ3) is 5.68. The highest BCUT2D eigenvalue weighted by molar-refractivity contribution is 7.90. The molecule has 10 heteroatoms. The first kappa shape index (κ1) is 26.6. The molecular formula is C28H24Cl2FN3O3S. The molecule has 4 aromatic rings. The lowest BCUT2D eigenvalue weighted by Gasteiger charge is -2.35. The van der Waals surface area contributed by atoms with Crippen molar-refractivity contribution in [1.29, 1.82) is 0 Å². The normalized spacial score (nSPS) is 14.7.